The van der Waals surface area contributed by atoms with Crippen LogP contribution in [0, 0.1) is 6.92 Å². The van der Waals surface area contributed by atoms with Crippen LogP contribution in [0.4, 0.5) is 0 Å². The Hall–Kier alpha value is -2.72. The van der Waals surface area contributed by atoms with Crippen LogP contribution in [0.15, 0.2) is 64.3 Å². The van der Waals surface area contributed by atoms with Crippen LogP contribution in [0.1, 0.15) is 5.56 Å². The van der Waals surface area contributed by atoms with E-state index in [0.717, 1.165) is 38.7 Å². The van der Waals surface area contributed by atoms with Crippen molar-refractivity contribution in [2.24, 2.45) is 0 Å². The van der Waals surface area contributed by atoms with Gasteiger partial charge in [-0.1, -0.05) is 11.6 Å². The fraction of sp³-hybridized carbons (Fsp3) is 0.0526. The first kappa shape index (κ1) is 13.9. The molecule has 0 aliphatic heterocycles. The number of pyridine rings is 2. The molecule has 0 bridgehead atoms. The van der Waals surface area contributed by atoms with Gasteiger partial charge in [0.05, 0.1) is 5.56 Å². The quantitative estimate of drug-likeness (QED) is 0.586. The minimum atomic E-state index is -0.0634. The van der Waals surface area contributed by atoms with Crippen molar-refractivity contribution in [3.05, 3.63) is 75.5 Å². The highest BCUT2D eigenvalue weighted by Gasteiger charge is 2.16. The predicted molar refractivity (Wildman–Crippen MR) is 95.8 cm³/mol. The Morgan fingerprint density at radius 2 is 1.83 bits per heavy atom. The number of H-pyrrole nitrogens is 1. The van der Waals surface area contributed by atoms with Crippen molar-refractivity contribution >= 4 is 22.2 Å². The molecule has 0 atom stereocenters. The SMILES string of the molecule is Cc1ccc2[nH]c(=O)c(-c3ccsc3)c(-c3ccncc3)c2c1. The van der Waals surface area contributed by atoms with E-state index in [1.807, 2.05) is 41.1 Å². The number of hydrogen-bond acceptors (Lipinski definition) is 3. The second kappa shape index (κ2) is 5.48. The lowest BCUT2D eigenvalue weighted by Crippen LogP contribution is -2.11. The number of hydrogen-bond donors (Lipinski definition) is 1. The number of benzene rings is 1. The maximum atomic E-state index is 12.7. The Balaban J connectivity index is 2.20. The van der Waals surface area contributed by atoms with Crippen molar-refractivity contribution in [3.8, 4) is 22.3 Å². The van der Waals surface area contributed by atoms with E-state index in [0.29, 0.717) is 0 Å². The summed E-state index contributed by atoms with van der Waals surface area (Å²) in [7, 11) is 0. The van der Waals surface area contributed by atoms with E-state index in [1.54, 1.807) is 23.7 Å². The lowest BCUT2D eigenvalue weighted by Gasteiger charge is -2.12. The third kappa shape index (κ3) is 2.37. The van der Waals surface area contributed by atoms with Crippen LogP contribution in [0.5, 0.6) is 0 Å². The average Bonchev–Trinajstić information content (AvgIpc) is 3.09. The summed E-state index contributed by atoms with van der Waals surface area (Å²) in [4.78, 5) is 19.9. The Kier molecular flexibility index (Phi) is 3.32. The number of aromatic amines is 1. The third-order valence-electron chi connectivity index (χ3n) is 3.95. The fourth-order valence-electron chi connectivity index (χ4n) is 2.91. The topological polar surface area (TPSA) is 45.8 Å². The molecule has 4 heteroatoms. The van der Waals surface area contributed by atoms with Crippen molar-refractivity contribution in [3.63, 3.8) is 0 Å². The van der Waals surface area contributed by atoms with Gasteiger partial charge in [0.15, 0.2) is 0 Å². The molecule has 0 aliphatic rings. The molecule has 4 rings (SSSR count). The van der Waals surface area contributed by atoms with Gasteiger partial charge in [-0.15, -0.1) is 0 Å². The third-order valence-corrected chi connectivity index (χ3v) is 4.63. The van der Waals surface area contributed by atoms with Crippen molar-refractivity contribution in [1.29, 1.82) is 0 Å². The van der Waals surface area contributed by atoms with Gasteiger partial charge in [0.25, 0.3) is 5.56 Å². The predicted octanol–water partition coefficient (Wildman–Crippen LogP) is 4.63. The molecule has 0 spiro atoms. The van der Waals surface area contributed by atoms with Gasteiger partial charge < -0.3 is 4.98 Å². The Bertz CT molecular complexity index is 1030. The van der Waals surface area contributed by atoms with Crippen molar-refractivity contribution in [2.45, 2.75) is 6.92 Å². The van der Waals surface area contributed by atoms with Gasteiger partial charge in [-0.25, -0.2) is 0 Å². The first-order valence-corrected chi connectivity index (χ1v) is 8.28. The van der Waals surface area contributed by atoms with Crippen molar-refractivity contribution in [2.75, 3.05) is 0 Å². The summed E-state index contributed by atoms with van der Waals surface area (Å²) in [5, 5.41) is 5.06. The van der Waals surface area contributed by atoms with Crippen LogP contribution < -0.4 is 5.56 Å². The monoisotopic (exact) mass is 318 g/mol. The summed E-state index contributed by atoms with van der Waals surface area (Å²) in [6.45, 7) is 2.06. The summed E-state index contributed by atoms with van der Waals surface area (Å²) in [5.74, 6) is 0. The van der Waals surface area contributed by atoms with Gasteiger partial charge in [0, 0.05) is 28.9 Å². The van der Waals surface area contributed by atoms with Crippen LogP contribution in [0.25, 0.3) is 33.2 Å². The minimum Gasteiger partial charge on any atom is -0.321 e. The Morgan fingerprint density at radius 1 is 1.00 bits per heavy atom. The number of nitrogens with one attached hydrogen (secondary N) is 1. The summed E-state index contributed by atoms with van der Waals surface area (Å²) in [5.41, 5.74) is 5.59. The normalized spacial score (nSPS) is 11.0. The largest absolute Gasteiger partial charge is 0.321 e. The van der Waals surface area contributed by atoms with Crippen LogP contribution in [0.3, 0.4) is 0 Å². The standard InChI is InChI=1S/C19H14N2OS/c1-12-2-3-16-15(10-12)17(13-4-7-20-8-5-13)18(19(22)21-16)14-6-9-23-11-14/h2-11H,1H3,(H,21,22). The average molecular weight is 318 g/mol. The molecule has 0 aliphatic carbocycles. The highest BCUT2D eigenvalue weighted by Crippen LogP contribution is 2.35. The molecular weight excluding hydrogens is 304 g/mol. The van der Waals surface area contributed by atoms with Gasteiger partial charge >= 0.3 is 0 Å². The summed E-state index contributed by atoms with van der Waals surface area (Å²) in [6.07, 6.45) is 3.52. The molecule has 3 nitrogen and oxygen atoms in total. The second-order valence-corrected chi connectivity index (χ2v) is 6.28. The first-order chi connectivity index (χ1) is 11.2. The highest BCUT2D eigenvalue weighted by molar-refractivity contribution is 7.08. The Morgan fingerprint density at radius 3 is 2.57 bits per heavy atom. The molecule has 3 heterocycles. The highest BCUT2D eigenvalue weighted by atomic mass is 32.1. The molecule has 4 aromatic rings. The molecule has 23 heavy (non-hydrogen) atoms. The molecule has 0 radical (unpaired) electrons. The number of aromatic nitrogens is 2. The van der Waals surface area contributed by atoms with Gasteiger partial charge in [-0.05, 0) is 59.1 Å². The maximum absolute atomic E-state index is 12.7. The molecule has 0 unspecified atom stereocenters. The Labute approximate surface area is 137 Å². The van der Waals surface area contributed by atoms with Crippen LogP contribution in [-0.2, 0) is 0 Å². The lowest BCUT2D eigenvalue weighted by molar-refractivity contribution is 1.29. The van der Waals surface area contributed by atoms with E-state index in [-0.39, 0.29) is 5.56 Å². The maximum Gasteiger partial charge on any atom is 0.256 e. The molecule has 1 N–H and O–H groups in total. The van der Waals surface area contributed by atoms with E-state index in [2.05, 4.69) is 23.0 Å². The van der Waals surface area contributed by atoms with E-state index in [1.165, 1.54) is 0 Å². The summed E-state index contributed by atoms with van der Waals surface area (Å²) < 4.78 is 0. The number of aryl methyl sites for hydroxylation is 1. The smallest absolute Gasteiger partial charge is 0.256 e. The zero-order valence-electron chi connectivity index (χ0n) is 12.5. The van der Waals surface area contributed by atoms with Gasteiger partial charge in [0.2, 0.25) is 0 Å². The number of nitrogens with zero attached hydrogens (tertiary/aromatic N) is 1. The number of rotatable bonds is 2. The van der Waals surface area contributed by atoms with E-state index in [9.17, 15) is 4.79 Å². The molecule has 3 aromatic heterocycles. The number of fused-ring (bicyclic) bond motifs is 1. The summed E-state index contributed by atoms with van der Waals surface area (Å²) >= 11 is 1.59. The minimum absolute atomic E-state index is 0.0634. The zero-order chi connectivity index (χ0) is 15.8. The molecule has 112 valence electrons. The summed E-state index contributed by atoms with van der Waals surface area (Å²) in [6, 6.07) is 12.0. The molecule has 0 saturated heterocycles. The molecule has 0 saturated carbocycles. The lowest BCUT2D eigenvalue weighted by atomic mass is 9.93. The fourth-order valence-corrected chi connectivity index (χ4v) is 3.55. The van der Waals surface area contributed by atoms with E-state index >= 15 is 0 Å². The molecule has 1 aromatic carbocycles. The molecule has 0 fully saturated rings. The second-order valence-electron chi connectivity index (χ2n) is 5.50. The van der Waals surface area contributed by atoms with Crippen molar-refractivity contribution < 1.29 is 0 Å². The molecule has 0 amide bonds. The molecular formula is C19H14N2OS. The van der Waals surface area contributed by atoms with Gasteiger partial charge in [-0.2, -0.15) is 11.3 Å². The van der Waals surface area contributed by atoms with E-state index in [4.69, 9.17) is 0 Å². The first-order valence-electron chi connectivity index (χ1n) is 7.33. The van der Waals surface area contributed by atoms with Gasteiger partial charge in [0.1, 0.15) is 0 Å². The zero-order valence-corrected chi connectivity index (χ0v) is 13.4. The van der Waals surface area contributed by atoms with Crippen molar-refractivity contribution in [1.82, 2.24) is 9.97 Å². The van der Waals surface area contributed by atoms with Crippen LogP contribution in [-0.4, -0.2) is 9.97 Å². The van der Waals surface area contributed by atoms with Crippen LogP contribution in [0.2, 0.25) is 0 Å². The van der Waals surface area contributed by atoms with Gasteiger partial charge in [-0.3, -0.25) is 9.78 Å². The number of thiophene rings is 1. The van der Waals surface area contributed by atoms with Crippen LogP contribution >= 0.6 is 11.3 Å². The van der Waals surface area contributed by atoms with E-state index < -0.39 is 0 Å².